The van der Waals surface area contributed by atoms with Gasteiger partial charge in [-0.3, -0.25) is 0 Å². The molecule has 9 aromatic carbocycles. The number of hydrogen-bond acceptors (Lipinski definition) is 2. The lowest BCUT2D eigenvalue weighted by Crippen LogP contribution is -2.17. The van der Waals surface area contributed by atoms with E-state index in [1.54, 1.807) is 0 Å². The molecule has 0 fully saturated rings. The van der Waals surface area contributed by atoms with Gasteiger partial charge in [0.05, 0.1) is 22.4 Å². The molecule has 0 saturated heterocycles. The number of furan rings is 1. The van der Waals surface area contributed by atoms with Crippen LogP contribution in [0.15, 0.2) is 217 Å². The van der Waals surface area contributed by atoms with Gasteiger partial charge in [0.25, 0.3) is 0 Å². The number of rotatable bonds is 7. The smallest absolute Gasteiger partial charge is 0.137 e. The maximum atomic E-state index is 6.59. The third-order valence-corrected chi connectivity index (χ3v) is 12.3. The largest absolute Gasteiger partial charge is 0.456 e. The van der Waals surface area contributed by atoms with Crippen LogP contribution in [0.5, 0.6) is 0 Å². The lowest BCUT2D eigenvalue weighted by Gasteiger charge is -2.32. The Kier molecular flexibility index (Phi) is 8.20. The van der Waals surface area contributed by atoms with Gasteiger partial charge < -0.3 is 9.32 Å². The predicted molar refractivity (Wildman–Crippen MR) is 248 cm³/mol. The van der Waals surface area contributed by atoms with Crippen LogP contribution in [-0.2, 0) is 5.41 Å². The van der Waals surface area contributed by atoms with Crippen molar-refractivity contribution in [2.45, 2.75) is 19.3 Å². The molecule has 1 aromatic heterocycles. The fraction of sp³-hybridized carbons (Fsp3) is 0.0526. The molecule has 1 aliphatic carbocycles. The second-order valence-electron chi connectivity index (χ2n) is 16.0. The third kappa shape index (κ3) is 5.56. The Hall–Kier alpha value is -7.42. The number of nitrogens with zero attached hydrogens (tertiary/aromatic N) is 1. The number of hydrogen-bond donors (Lipinski definition) is 0. The van der Waals surface area contributed by atoms with Gasteiger partial charge in [0.15, 0.2) is 0 Å². The van der Waals surface area contributed by atoms with Crippen molar-refractivity contribution in [3.63, 3.8) is 0 Å². The van der Waals surface area contributed by atoms with Crippen molar-refractivity contribution in [2.24, 2.45) is 0 Å². The fourth-order valence-corrected chi connectivity index (χ4v) is 9.75. The topological polar surface area (TPSA) is 16.4 Å². The Morgan fingerprint density at radius 1 is 0.356 bits per heavy atom. The molecular formula is C57H41NO. The number of fused-ring (bicyclic) bond motifs is 6. The van der Waals surface area contributed by atoms with Crippen molar-refractivity contribution in [3.05, 3.63) is 223 Å². The summed E-state index contributed by atoms with van der Waals surface area (Å²) in [5, 5.41) is 2.17. The van der Waals surface area contributed by atoms with Gasteiger partial charge >= 0.3 is 0 Å². The van der Waals surface area contributed by atoms with Crippen molar-refractivity contribution in [1.82, 2.24) is 0 Å². The van der Waals surface area contributed by atoms with Crippen LogP contribution in [0.1, 0.15) is 25.0 Å². The Morgan fingerprint density at radius 2 is 0.864 bits per heavy atom. The highest BCUT2D eigenvalue weighted by Gasteiger charge is 2.38. The van der Waals surface area contributed by atoms with E-state index in [9.17, 15) is 0 Å². The number of benzene rings is 9. The first-order chi connectivity index (χ1) is 29.1. The average molecular weight is 756 g/mol. The maximum absolute atomic E-state index is 6.59. The second-order valence-corrected chi connectivity index (χ2v) is 16.0. The summed E-state index contributed by atoms with van der Waals surface area (Å²) in [5.41, 5.74) is 19.5. The molecule has 10 aromatic rings. The predicted octanol–water partition coefficient (Wildman–Crippen LogP) is 16.0. The summed E-state index contributed by atoms with van der Waals surface area (Å²) in [6.45, 7) is 4.76. The van der Waals surface area contributed by atoms with E-state index in [-0.39, 0.29) is 5.41 Å². The molecule has 0 radical (unpaired) electrons. The molecule has 2 heteroatoms. The Bertz CT molecular complexity index is 3190. The lowest BCUT2D eigenvalue weighted by atomic mass is 9.77. The van der Waals surface area contributed by atoms with Crippen molar-refractivity contribution in [3.8, 4) is 55.6 Å². The first-order valence-corrected chi connectivity index (χ1v) is 20.4. The van der Waals surface area contributed by atoms with Crippen LogP contribution >= 0.6 is 0 Å². The molecule has 11 rings (SSSR count). The van der Waals surface area contributed by atoms with Crippen molar-refractivity contribution in [2.75, 3.05) is 4.90 Å². The highest BCUT2D eigenvalue weighted by atomic mass is 16.3. The van der Waals surface area contributed by atoms with E-state index in [1.807, 2.05) is 6.07 Å². The van der Waals surface area contributed by atoms with Crippen molar-refractivity contribution >= 4 is 39.0 Å². The first kappa shape index (κ1) is 34.8. The van der Waals surface area contributed by atoms with Gasteiger partial charge in [-0.1, -0.05) is 196 Å². The molecule has 2 nitrogen and oxygen atoms in total. The molecule has 0 saturated carbocycles. The summed E-state index contributed by atoms with van der Waals surface area (Å²) in [5.74, 6) is 0. The van der Waals surface area contributed by atoms with Gasteiger partial charge in [-0.05, 0) is 86.0 Å². The van der Waals surface area contributed by atoms with Crippen LogP contribution in [0.2, 0.25) is 0 Å². The minimum absolute atomic E-state index is 0.193. The SMILES string of the molecule is CC1(C)c2ccccc2-c2cccc(-c3cccc(N(c4ccccc4-c4ccccc4-c4ccccc4)c4cccc5oc6ccccc6c45)c3-c3ccccc3)c21. The molecule has 1 heterocycles. The van der Waals surface area contributed by atoms with Crippen molar-refractivity contribution in [1.29, 1.82) is 0 Å². The minimum Gasteiger partial charge on any atom is -0.456 e. The first-order valence-electron chi connectivity index (χ1n) is 20.4. The molecule has 0 amide bonds. The standard InChI is InChI=1S/C57H41NO/c1-57(2)48-32-14-11-26-42(48)45-30-17-31-46(56(45)57)44-29-18-34-50(54(44)39-22-7-4-8-23-39)58(51-35-19-37-53-55(51)47-28-13-16-36-52(47)59-53)49-33-15-12-27-43(49)41-25-10-9-24-40(41)38-20-5-3-6-21-38/h3-37H,1-2H3. The Morgan fingerprint density at radius 3 is 1.66 bits per heavy atom. The van der Waals surface area contributed by atoms with E-state index in [0.717, 1.165) is 50.1 Å². The van der Waals surface area contributed by atoms with Gasteiger partial charge in [-0.2, -0.15) is 0 Å². The van der Waals surface area contributed by atoms with E-state index in [0.29, 0.717) is 0 Å². The van der Waals surface area contributed by atoms with Gasteiger partial charge in [0.1, 0.15) is 11.2 Å². The van der Waals surface area contributed by atoms with Gasteiger partial charge in [-0.25, -0.2) is 0 Å². The van der Waals surface area contributed by atoms with E-state index in [2.05, 4.69) is 225 Å². The van der Waals surface area contributed by atoms with Gasteiger partial charge in [-0.15, -0.1) is 0 Å². The summed E-state index contributed by atoms with van der Waals surface area (Å²) in [6, 6.07) is 76.9. The highest BCUT2D eigenvalue weighted by Crippen LogP contribution is 2.56. The maximum Gasteiger partial charge on any atom is 0.137 e. The normalized spacial score (nSPS) is 12.7. The summed E-state index contributed by atoms with van der Waals surface area (Å²) in [6.07, 6.45) is 0. The van der Waals surface area contributed by atoms with E-state index in [1.165, 1.54) is 55.6 Å². The van der Waals surface area contributed by atoms with Crippen LogP contribution < -0.4 is 4.90 Å². The number of para-hydroxylation sites is 2. The van der Waals surface area contributed by atoms with Gasteiger partial charge in [0.2, 0.25) is 0 Å². The summed E-state index contributed by atoms with van der Waals surface area (Å²) >= 11 is 0. The summed E-state index contributed by atoms with van der Waals surface area (Å²) in [4.78, 5) is 2.50. The Balaban J connectivity index is 1.25. The number of anilines is 3. The Labute approximate surface area is 345 Å². The summed E-state index contributed by atoms with van der Waals surface area (Å²) in [7, 11) is 0. The molecule has 0 atom stereocenters. The third-order valence-electron chi connectivity index (χ3n) is 12.3. The molecule has 280 valence electrons. The molecule has 0 spiro atoms. The zero-order valence-corrected chi connectivity index (χ0v) is 33.1. The van der Waals surface area contributed by atoms with Crippen LogP contribution in [0.4, 0.5) is 17.1 Å². The zero-order valence-electron chi connectivity index (χ0n) is 33.1. The monoisotopic (exact) mass is 755 g/mol. The van der Waals surface area contributed by atoms with Crippen LogP contribution in [0.3, 0.4) is 0 Å². The molecule has 0 bridgehead atoms. The highest BCUT2D eigenvalue weighted by molar-refractivity contribution is 6.15. The average Bonchev–Trinajstić information content (AvgIpc) is 3.80. The molecule has 0 unspecified atom stereocenters. The van der Waals surface area contributed by atoms with Gasteiger partial charge in [0, 0.05) is 21.9 Å². The van der Waals surface area contributed by atoms with Crippen LogP contribution in [0, 0.1) is 0 Å². The molecule has 0 N–H and O–H groups in total. The van der Waals surface area contributed by atoms with E-state index >= 15 is 0 Å². The quantitative estimate of drug-likeness (QED) is 0.161. The summed E-state index contributed by atoms with van der Waals surface area (Å²) < 4.78 is 6.59. The lowest BCUT2D eigenvalue weighted by molar-refractivity contribution is 0.662. The molecule has 59 heavy (non-hydrogen) atoms. The van der Waals surface area contributed by atoms with E-state index in [4.69, 9.17) is 4.42 Å². The van der Waals surface area contributed by atoms with Crippen LogP contribution in [0.25, 0.3) is 77.6 Å². The second kappa shape index (κ2) is 13.9. The fourth-order valence-electron chi connectivity index (χ4n) is 9.75. The van der Waals surface area contributed by atoms with Crippen LogP contribution in [-0.4, -0.2) is 0 Å². The van der Waals surface area contributed by atoms with Crippen molar-refractivity contribution < 1.29 is 4.42 Å². The molecule has 0 aliphatic heterocycles. The van der Waals surface area contributed by atoms with E-state index < -0.39 is 0 Å². The molecular weight excluding hydrogens is 715 g/mol. The molecule has 1 aliphatic rings. The zero-order chi connectivity index (χ0) is 39.5. The minimum atomic E-state index is -0.193.